The normalized spacial score (nSPS) is 13.0. The van der Waals surface area contributed by atoms with Gasteiger partial charge in [-0.3, -0.25) is 0 Å². The lowest BCUT2D eigenvalue weighted by molar-refractivity contribution is 0.458. The second-order valence-corrected chi connectivity index (χ2v) is 5.00. The van der Waals surface area contributed by atoms with Crippen LogP contribution in [-0.2, 0) is 6.42 Å². The second-order valence-electron chi connectivity index (χ2n) is 3.94. The maximum Gasteiger partial charge on any atom is 0.0897 e. The average Bonchev–Trinajstić information content (AvgIpc) is 2.61. The molecule has 1 heterocycles. The van der Waals surface area contributed by atoms with Gasteiger partial charge in [-0.1, -0.05) is 20.3 Å². The quantitative estimate of drug-likeness (QED) is 0.772. The standard InChI is InChI=1S/C12H22N2S/c1-4-6-11(13-5-2)7-8-12-9-15-10(3)14-12/h9,11,13H,4-8H2,1-3H3. The highest BCUT2D eigenvalue weighted by molar-refractivity contribution is 7.09. The van der Waals surface area contributed by atoms with Gasteiger partial charge in [0, 0.05) is 11.4 Å². The third-order valence-electron chi connectivity index (χ3n) is 2.55. The van der Waals surface area contributed by atoms with Gasteiger partial charge >= 0.3 is 0 Å². The molecule has 0 aliphatic carbocycles. The van der Waals surface area contributed by atoms with Gasteiger partial charge in [0.25, 0.3) is 0 Å². The molecule has 1 atom stereocenters. The van der Waals surface area contributed by atoms with Crippen LogP contribution in [0.2, 0.25) is 0 Å². The summed E-state index contributed by atoms with van der Waals surface area (Å²) >= 11 is 1.75. The van der Waals surface area contributed by atoms with Gasteiger partial charge in [0.2, 0.25) is 0 Å². The summed E-state index contributed by atoms with van der Waals surface area (Å²) in [7, 11) is 0. The van der Waals surface area contributed by atoms with Crippen molar-refractivity contribution in [2.45, 2.75) is 52.5 Å². The van der Waals surface area contributed by atoms with Crippen LogP contribution in [0.15, 0.2) is 5.38 Å². The first-order chi connectivity index (χ1) is 7.26. The van der Waals surface area contributed by atoms with E-state index in [2.05, 4.69) is 36.5 Å². The molecule has 1 aromatic heterocycles. The molecule has 1 N–H and O–H groups in total. The second kappa shape index (κ2) is 6.96. The molecule has 0 spiro atoms. The number of hydrogen-bond donors (Lipinski definition) is 1. The highest BCUT2D eigenvalue weighted by Gasteiger charge is 2.07. The first-order valence-electron chi connectivity index (χ1n) is 5.90. The summed E-state index contributed by atoms with van der Waals surface area (Å²) in [5, 5.41) is 6.90. The molecule has 0 aliphatic rings. The number of aryl methyl sites for hydroxylation is 2. The molecule has 0 saturated heterocycles. The van der Waals surface area contributed by atoms with Crippen LogP contribution in [0.25, 0.3) is 0 Å². The van der Waals surface area contributed by atoms with E-state index in [4.69, 9.17) is 0 Å². The van der Waals surface area contributed by atoms with E-state index in [0.717, 1.165) is 13.0 Å². The van der Waals surface area contributed by atoms with Crippen LogP contribution in [-0.4, -0.2) is 17.6 Å². The topological polar surface area (TPSA) is 24.9 Å². The molecule has 0 saturated carbocycles. The van der Waals surface area contributed by atoms with E-state index in [9.17, 15) is 0 Å². The number of aromatic nitrogens is 1. The van der Waals surface area contributed by atoms with Crippen molar-refractivity contribution in [3.63, 3.8) is 0 Å². The van der Waals surface area contributed by atoms with Crippen LogP contribution >= 0.6 is 11.3 Å². The van der Waals surface area contributed by atoms with Crippen molar-refractivity contribution < 1.29 is 0 Å². The van der Waals surface area contributed by atoms with Gasteiger partial charge in [0.15, 0.2) is 0 Å². The third kappa shape index (κ3) is 4.76. The summed E-state index contributed by atoms with van der Waals surface area (Å²) < 4.78 is 0. The van der Waals surface area contributed by atoms with Gasteiger partial charge in [0.05, 0.1) is 10.7 Å². The summed E-state index contributed by atoms with van der Waals surface area (Å²) in [5.41, 5.74) is 1.26. The fourth-order valence-corrected chi connectivity index (χ4v) is 2.48. The highest BCUT2D eigenvalue weighted by atomic mass is 32.1. The van der Waals surface area contributed by atoms with Gasteiger partial charge in [-0.25, -0.2) is 4.98 Å². The summed E-state index contributed by atoms with van der Waals surface area (Å²) in [5.74, 6) is 0. The van der Waals surface area contributed by atoms with Crippen molar-refractivity contribution in [2.75, 3.05) is 6.54 Å². The van der Waals surface area contributed by atoms with Crippen molar-refractivity contribution >= 4 is 11.3 Å². The van der Waals surface area contributed by atoms with Crippen LogP contribution in [0, 0.1) is 6.92 Å². The zero-order valence-corrected chi connectivity index (χ0v) is 10.9. The van der Waals surface area contributed by atoms with Gasteiger partial charge in [0.1, 0.15) is 0 Å². The van der Waals surface area contributed by atoms with Crippen LogP contribution in [0.5, 0.6) is 0 Å². The maximum absolute atomic E-state index is 4.49. The zero-order valence-electron chi connectivity index (χ0n) is 10.0. The van der Waals surface area contributed by atoms with Crippen LogP contribution in [0.3, 0.4) is 0 Å². The Hall–Kier alpha value is -0.410. The molecular formula is C12H22N2S. The van der Waals surface area contributed by atoms with Crippen molar-refractivity contribution in [2.24, 2.45) is 0 Å². The smallest absolute Gasteiger partial charge is 0.0897 e. The SMILES string of the molecule is CCCC(CCc1csc(C)n1)NCC. The summed E-state index contributed by atoms with van der Waals surface area (Å²) in [6.45, 7) is 7.57. The van der Waals surface area contributed by atoms with E-state index in [1.165, 1.54) is 30.0 Å². The predicted molar refractivity (Wildman–Crippen MR) is 67.5 cm³/mol. The Balaban J connectivity index is 2.32. The van der Waals surface area contributed by atoms with Crippen molar-refractivity contribution in [1.82, 2.24) is 10.3 Å². The molecule has 1 unspecified atom stereocenters. The molecule has 15 heavy (non-hydrogen) atoms. The Morgan fingerprint density at radius 3 is 2.73 bits per heavy atom. The van der Waals surface area contributed by atoms with E-state index in [1.54, 1.807) is 11.3 Å². The molecule has 0 fully saturated rings. The van der Waals surface area contributed by atoms with E-state index in [0.29, 0.717) is 6.04 Å². The number of nitrogens with one attached hydrogen (secondary N) is 1. The molecule has 0 aromatic carbocycles. The highest BCUT2D eigenvalue weighted by Crippen LogP contribution is 2.12. The number of nitrogens with zero attached hydrogens (tertiary/aromatic N) is 1. The lowest BCUT2D eigenvalue weighted by atomic mass is 10.1. The number of rotatable bonds is 7. The molecule has 1 aromatic rings. The van der Waals surface area contributed by atoms with Gasteiger partial charge in [-0.15, -0.1) is 11.3 Å². The van der Waals surface area contributed by atoms with Gasteiger partial charge in [-0.2, -0.15) is 0 Å². The summed E-state index contributed by atoms with van der Waals surface area (Å²) in [4.78, 5) is 4.49. The van der Waals surface area contributed by atoms with Crippen LogP contribution in [0.4, 0.5) is 0 Å². The zero-order chi connectivity index (χ0) is 11.1. The Kier molecular flexibility index (Phi) is 5.88. The summed E-state index contributed by atoms with van der Waals surface area (Å²) in [6.07, 6.45) is 4.86. The summed E-state index contributed by atoms with van der Waals surface area (Å²) in [6, 6.07) is 0.669. The fraction of sp³-hybridized carbons (Fsp3) is 0.750. The molecule has 0 bridgehead atoms. The van der Waals surface area contributed by atoms with Crippen LogP contribution < -0.4 is 5.32 Å². The Bertz CT molecular complexity index is 264. The predicted octanol–water partition coefficient (Wildman–Crippen LogP) is 3.16. The molecule has 2 nitrogen and oxygen atoms in total. The minimum absolute atomic E-state index is 0.669. The molecule has 86 valence electrons. The molecule has 3 heteroatoms. The van der Waals surface area contributed by atoms with E-state index < -0.39 is 0 Å². The minimum atomic E-state index is 0.669. The third-order valence-corrected chi connectivity index (χ3v) is 3.37. The number of thiazole rings is 1. The Morgan fingerprint density at radius 1 is 1.40 bits per heavy atom. The maximum atomic E-state index is 4.49. The molecular weight excluding hydrogens is 204 g/mol. The van der Waals surface area contributed by atoms with E-state index in [-0.39, 0.29) is 0 Å². The Labute approximate surface area is 97.1 Å². The monoisotopic (exact) mass is 226 g/mol. The minimum Gasteiger partial charge on any atom is -0.314 e. The first kappa shape index (κ1) is 12.7. The van der Waals surface area contributed by atoms with E-state index >= 15 is 0 Å². The molecule has 0 radical (unpaired) electrons. The lowest BCUT2D eigenvalue weighted by Gasteiger charge is -2.16. The van der Waals surface area contributed by atoms with Crippen molar-refractivity contribution in [3.05, 3.63) is 16.1 Å². The largest absolute Gasteiger partial charge is 0.314 e. The van der Waals surface area contributed by atoms with E-state index in [1.807, 2.05) is 0 Å². The Morgan fingerprint density at radius 2 is 2.20 bits per heavy atom. The molecule has 0 aliphatic heterocycles. The molecule has 0 amide bonds. The molecule has 1 rings (SSSR count). The average molecular weight is 226 g/mol. The number of hydrogen-bond acceptors (Lipinski definition) is 3. The van der Waals surface area contributed by atoms with Crippen molar-refractivity contribution in [1.29, 1.82) is 0 Å². The lowest BCUT2D eigenvalue weighted by Crippen LogP contribution is -2.29. The first-order valence-corrected chi connectivity index (χ1v) is 6.78. The van der Waals surface area contributed by atoms with Gasteiger partial charge in [-0.05, 0) is 32.7 Å². The van der Waals surface area contributed by atoms with Crippen LogP contribution in [0.1, 0.15) is 43.8 Å². The van der Waals surface area contributed by atoms with Crippen molar-refractivity contribution in [3.8, 4) is 0 Å². The van der Waals surface area contributed by atoms with Gasteiger partial charge < -0.3 is 5.32 Å². The fourth-order valence-electron chi connectivity index (χ4n) is 1.83.